The molecule has 12 heteroatoms. The Morgan fingerprint density at radius 3 is 0.886 bits per heavy atom. The molecular formula is C32H26F4N4O4. The highest BCUT2D eigenvalue weighted by atomic mass is 19.1. The number of hydrogen-bond donors (Lipinski definition) is 4. The molecule has 44 heavy (non-hydrogen) atoms. The van der Waals surface area contributed by atoms with Crippen LogP contribution in [0.5, 0.6) is 0 Å². The van der Waals surface area contributed by atoms with E-state index in [1.165, 1.54) is 48.5 Å². The van der Waals surface area contributed by atoms with Gasteiger partial charge >= 0.3 is 0 Å². The fraction of sp³-hybridized carbons (Fsp3) is 0.125. The maximum atomic E-state index is 13.6. The normalized spacial score (nSPS) is 12.0. The van der Waals surface area contributed by atoms with Crippen LogP contribution in [0.2, 0.25) is 0 Å². The van der Waals surface area contributed by atoms with Crippen LogP contribution < -0.4 is 21.3 Å². The summed E-state index contributed by atoms with van der Waals surface area (Å²) in [5, 5.41) is 10.1. The van der Waals surface area contributed by atoms with E-state index >= 15 is 0 Å². The van der Waals surface area contributed by atoms with Gasteiger partial charge in [-0.1, -0.05) is 0 Å². The van der Waals surface area contributed by atoms with Gasteiger partial charge in [0.25, 0.3) is 0 Å². The third kappa shape index (κ3) is 9.24. The smallest absolute Gasteiger partial charge is 0.228 e. The molecule has 4 N–H and O–H groups in total. The Labute approximate surface area is 249 Å². The maximum Gasteiger partial charge on any atom is 0.228 e. The van der Waals surface area contributed by atoms with Crippen molar-refractivity contribution in [2.75, 3.05) is 21.3 Å². The fourth-order valence-corrected chi connectivity index (χ4v) is 4.26. The second-order valence-electron chi connectivity index (χ2n) is 9.72. The Hall–Kier alpha value is -5.52. The standard InChI is InChI=1S/C32H26F4N4O4/c33-19-1-9-23(10-2-19)37-29(41)17-27(31(43)39-25-13-5-21(35)6-14-25)28(32(44)40-26-15-7-22(36)8-16-26)18-30(42)38-24-11-3-20(34)4-12-24/h1-16,27-28H,17-18H2,(H,37,41)(H,38,42)(H,39,43)(H,40,44). The van der Waals surface area contributed by atoms with Gasteiger partial charge in [-0.3, -0.25) is 19.2 Å². The highest BCUT2D eigenvalue weighted by molar-refractivity contribution is 6.05. The van der Waals surface area contributed by atoms with Crippen molar-refractivity contribution in [3.05, 3.63) is 120 Å². The van der Waals surface area contributed by atoms with Crippen molar-refractivity contribution < 1.29 is 36.7 Å². The predicted molar refractivity (Wildman–Crippen MR) is 156 cm³/mol. The monoisotopic (exact) mass is 606 g/mol. The lowest BCUT2D eigenvalue weighted by Gasteiger charge is -2.25. The van der Waals surface area contributed by atoms with Crippen molar-refractivity contribution in [3.8, 4) is 0 Å². The molecule has 2 atom stereocenters. The zero-order valence-electron chi connectivity index (χ0n) is 23.0. The summed E-state index contributed by atoms with van der Waals surface area (Å²) in [5.74, 6) is -8.27. The number of carbonyl (C=O) groups is 4. The van der Waals surface area contributed by atoms with Crippen molar-refractivity contribution in [3.63, 3.8) is 0 Å². The molecule has 0 fully saturated rings. The summed E-state index contributed by atoms with van der Waals surface area (Å²) in [7, 11) is 0. The van der Waals surface area contributed by atoms with E-state index in [0.717, 1.165) is 48.5 Å². The minimum atomic E-state index is -1.47. The molecule has 0 spiro atoms. The lowest BCUT2D eigenvalue weighted by atomic mass is 9.84. The molecule has 8 nitrogen and oxygen atoms in total. The lowest BCUT2D eigenvalue weighted by molar-refractivity contribution is -0.134. The van der Waals surface area contributed by atoms with Crippen LogP contribution in [-0.2, 0) is 19.2 Å². The van der Waals surface area contributed by atoms with E-state index in [0.29, 0.717) is 0 Å². The van der Waals surface area contributed by atoms with Crippen molar-refractivity contribution in [2.45, 2.75) is 12.8 Å². The molecule has 226 valence electrons. The van der Waals surface area contributed by atoms with Gasteiger partial charge in [0, 0.05) is 35.6 Å². The van der Waals surface area contributed by atoms with Gasteiger partial charge in [-0.05, 0) is 97.1 Å². The number of hydrogen-bond acceptors (Lipinski definition) is 4. The van der Waals surface area contributed by atoms with Crippen LogP contribution in [0.1, 0.15) is 12.8 Å². The van der Waals surface area contributed by atoms with Gasteiger partial charge in [0.1, 0.15) is 23.3 Å². The van der Waals surface area contributed by atoms with E-state index in [9.17, 15) is 36.7 Å². The van der Waals surface area contributed by atoms with Crippen LogP contribution in [0.3, 0.4) is 0 Å². The fourth-order valence-electron chi connectivity index (χ4n) is 4.26. The zero-order valence-corrected chi connectivity index (χ0v) is 23.0. The zero-order chi connectivity index (χ0) is 31.6. The van der Waals surface area contributed by atoms with Gasteiger partial charge in [0.15, 0.2) is 0 Å². The molecule has 0 saturated heterocycles. The summed E-state index contributed by atoms with van der Waals surface area (Å²) in [4.78, 5) is 53.4. The average Bonchev–Trinajstić information content (AvgIpc) is 2.99. The summed E-state index contributed by atoms with van der Waals surface area (Å²) in [5.41, 5.74) is 0.758. The number of rotatable bonds is 11. The maximum absolute atomic E-state index is 13.6. The Balaban J connectivity index is 1.64. The molecule has 0 aromatic heterocycles. The minimum Gasteiger partial charge on any atom is -0.326 e. The van der Waals surface area contributed by atoms with Crippen molar-refractivity contribution >= 4 is 46.4 Å². The number of amides is 4. The van der Waals surface area contributed by atoms with Gasteiger partial charge in [-0.15, -0.1) is 0 Å². The third-order valence-electron chi connectivity index (χ3n) is 6.45. The van der Waals surface area contributed by atoms with Crippen LogP contribution in [0.25, 0.3) is 0 Å². The first kappa shape index (κ1) is 31.4. The summed E-state index contributed by atoms with van der Waals surface area (Å²) in [6, 6.07) is 19.2. The molecule has 0 bridgehead atoms. The molecule has 4 aromatic carbocycles. The van der Waals surface area contributed by atoms with E-state index in [-0.39, 0.29) is 22.7 Å². The molecule has 4 aromatic rings. The first-order valence-corrected chi connectivity index (χ1v) is 13.3. The lowest BCUT2D eigenvalue weighted by Crippen LogP contribution is -2.40. The summed E-state index contributed by atoms with van der Waals surface area (Å²) in [6.07, 6.45) is -1.20. The minimum absolute atomic E-state index is 0.161. The number of nitrogens with one attached hydrogen (secondary N) is 4. The first-order chi connectivity index (χ1) is 21.0. The van der Waals surface area contributed by atoms with Crippen molar-refractivity contribution in [1.82, 2.24) is 0 Å². The number of carbonyl (C=O) groups excluding carboxylic acids is 4. The molecule has 4 amide bonds. The van der Waals surface area contributed by atoms with E-state index in [4.69, 9.17) is 0 Å². The highest BCUT2D eigenvalue weighted by Crippen LogP contribution is 2.26. The summed E-state index contributed by atoms with van der Waals surface area (Å²) < 4.78 is 53.6. The molecule has 0 radical (unpaired) electrons. The molecular weight excluding hydrogens is 580 g/mol. The molecule has 0 saturated carbocycles. The van der Waals surface area contributed by atoms with Gasteiger partial charge in [-0.25, -0.2) is 17.6 Å². The van der Waals surface area contributed by atoms with Gasteiger partial charge in [-0.2, -0.15) is 0 Å². The molecule has 0 aliphatic heterocycles. The molecule has 0 heterocycles. The largest absolute Gasteiger partial charge is 0.326 e. The van der Waals surface area contributed by atoms with Crippen LogP contribution in [0.4, 0.5) is 40.3 Å². The second kappa shape index (κ2) is 14.6. The van der Waals surface area contributed by atoms with Gasteiger partial charge < -0.3 is 21.3 Å². The molecule has 2 unspecified atom stereocenters. The first-order valence-electron chi connectivity index (χ1n) is 13.3. The van der Waals surface area contributed by atoms with Crippen LogP contribution in [0.15, 0.2) is 97.1 Å². The Morgan fingerprint density at radius 1 is 0.409 bits per heavy atom. The van der Waals surface area contributed by atoms with Crippen LogP contribution >= 0.6 is 0 Å². The van der Waals surface area contributed by atoms with E-state index in [1.807, 2.05) is 0 Å². The summed E-state index contributed by atoms with van der Waals surface area (Å²) >= 11 is 0. The second-order valence-corrected chi connectivity index (χ2v) is 9.72. The Bertz CT molecular complexity index is 1490. The Kier molecular flexibility index (Phi) is 10.4. The van der Waals surface area contributed by atoms with Gasteiger partial charge in [0.2, 0.25) is 23.6 Å². The topological polar surface area (TPSA) is 116 Å². The van der Waals surface area contributed by atoms with Crippen molar-refractivity contribution in [2.24, 2.45) is 11.8 Å². The van der Waals surface area contributed by atoms with E-state index < -0.39 is 71.6 Å². The van der Waals surface area contributed by atoms with E-state index in [2.05, 4.69) is 21.3 Å². The quantitative estimate of drug-likeness (QED) is 0.154. The number of benzene rings is 4. The SMILES string of the molecule is O=C(CC(C(=O)Nc1ccc(F)cc1)C(CC(=O)Nc1ccc(F)cc1)C(=O)Nc1ccc(F)cc1)Nc1ccc(F)cc1. The summed E-state index contributed by atoms with van der Waals surface area (Å²) in [6.45, 7) is 0. The molecule has 4 rings (SSSR count). The molecule has 0 aliphatic carbocycles. The molecule has 0 aliphatic rings. The number of halogens is 4. The predicted octanol–water partition coefficient (Wildman–Crippen LogP) is 6.11. The number of anilines is 4. The van der Waals surface area contributed by atoms with Crippen LogP contribution in [-0.4, -0.2) is 23.6 Å². The third-order valence-corrected chi connectivity index (χ3v) is 6.45. The Morgan fingerprint density at radius 2 is 0.636 bits per heavy atom. The van der Waals surface area contributed by atoms with Gasteiger partial charge in [0.05, 0.1) is 11.8 Å². The van der Waals surface area contributed by atoms with E-state index in [1.54, 1.807) is 0 Å². The highest BCUT2D eigenvalue weighted by Gasteiger charge is 2.37. The van der Waals surface area contributed by atoms with Crippen molar-refractivity contribution in [1.29, 1.82) is 0 Å². The van der Waals surface area contributed by atoms with Crippen LogP contribution in [0, 0.1) is 35.1 Å². The average molecular weight is 607 g/mol.